The Morgan fingerprint density at radius 1 is 1.31 bits per heavy atom. The normalized spacial score (nSPS) is 16.4. The van der Waals surface area contributed by atoms with Gasteiger partial charge in [0.05, 0.1) is 25.5 Å². The summed E-state index contributed by atoms with van der Waals surface area (Å²) in [5.41, 5.74) is 1.21. The first-order valence-electron chi connectivity index (χ1n) is 8.93. The summed E-state index contributed by atoms with van der Waals surface area (Å²) >= 11 is 0. The lowest BCUT2D eigenvalue weighted by molar-refractivity contribution is 0.0383. The van der Waals surface area contributed by atoms with Crippen LogP contribution in [-0.2, 0) is 4.74 Å². The SMILES string of the molecule is CC[C@@H](c1ccc(F)cc1)n1cc(C(=O)NCCN2CCOCC2)nn1. The number of aromatic nitrogens is 3. The molecule has 1 aromatic heterocycles. The second kappa shape index (κ2) is 8.86. The van der Waals surface area contributed by atoms with Crippen molar-refractivity contribution in [2.75, 3.05) is 39.4 Å². The van der Waals surface area contributed by atoms with Gasteiger partial charge < -0.3 is 10.1 Å². The summed E-state index contributed by atoms with van der Waals surface area (Å²) in [6.45, 7) is 6.62. The van der Waals surface area contributed by atoms with Crippen LogP contribution >= 0.6 is 0 Å². The van der Waals surface area contributed by atoms with E-state index in [1.165, 1.54) is 12.1 Å². The van der Waals surface area contributed by atoms with Crippen molar-refractivity contribution in [1.82, 2.24) is 25.2 Å². The zero-order chi connectivity index (χ0) is 18.4. The lowest BCUT2D eigenvalue weighted by atomic mass is 10.0. The summed E-state index contributed by atoms with van der Waals surface area (Å²) in [6.07, 6.45) is 2.40. The molecule has 0 saturated carbocycles. The number of hydrogen-bond acceptors (Lipinski definition) is 5. The molecule has 0 bridgehead atoms. The van der Waals surface area contributed by atoms with Crippen LogP contribution in [0.2, 0.25) is 0 Å². The van der Waals surface area contributed by atoms with Crippen LogP contribution in [0.25, 0.3) is 0 Å². The molecule has 0 radical (unpaired) electrons. The van der Waals surface area contributed by atoms with Crippen LogP contribution in [0, 0.1) is 5.82 Å². The van der Waals surface area contributed by atoms with E-state index in [1.54, 1.807) is 23.0 Å². The van der Waals surface area contributed by atoms with Crippen molar-refractivity contribution >= 4 is 5.91 Å². The zero-order valence-corrected chi connectivity index (χ0v) is 14.9. The molecule has 8 heteroatoms. The molecule has 1 amide bonds. The molecule has 1 aliphatic heterocycles. The molecule has 1 aromatic carbocycles. The minimum Gasteiger partial charge on any atom is -0.379 e. The fourth-order valence-electron chi connectivity index (χ4n) is 3.04. The van der Waals surface area contributed by atoms with E-state index in [0.29, 0.717) is 6.54 Å². The second-order valence-electron chi connectivity index (χ2n) is 6.27. The predicted molar refractivity (Wildman–Crippen MR) is 94.4 cm³/mol. The smallest absolute Gasteiger partial charge is 0.273 e. The highest BCUT2D eigenvalue weighted by Crippen LogP contribution is 2.21. The van der Waals surface area contributed by atoms with Crippen molar-refractivity contribution < 1.29 is 13.9 Å². The van der Waals surface area contributed by atoms with Crippen molar-refractivity contribution in [3.63, 3.8) is 0 Å². The molecule has 3 rings (SSSR count). The molecule has 0 spiro atoms. The fraction of sp³-hybridized carbons (Fsp3) is 0.500. The molecule has 1 atom stereocenters. The summed E-state index contributed by atoms with van der Waals surface area (Å²) in [7, 11) is 0. The topological polar surface area (TPSA) is 72.3 Å². The third kappa shape index (κ3) is 4.64. The fourth-order valence-corrected chi connectivity index (χ4v) is 3.04. The van der Waals surface area contributed by atoms with Gasteiger partial charge in [0.25, 0.3) is 5.91 Å². The van der Waals surface area contributed by atoms with Crippen molar-refractivity contribution in [3.05, 3.63) is 47.5 Å². The van der Waals surface area contributed by atoms with Crippen LogP contribution in [0.5, 0.6) is 0 Å². The first-order chi connectivity index (χ1) is 12.7. The van der Waals surface area contributed by atoms with Gasteiger partial charge >= 0.3 is 0 Å². The molecule has 1 fully saturated rings. The maximum Gasteiger partial charge on any atom is 0.273 e. The average Bonchev–Trinajstić information content (AvgIpc) is 3.15. The van der Waals surface area contributed by atoms with Gasteiger partial charge in [-0.1, -0.05) is 24.3 Å². The highest BCUT2D eigenvalue weighted by Gasteiger charge is 2.17. The average molecular weight is 361 g/mol. The molecule has 2 aromatic rings. The van der Waals surface area contributed by atoms with E-state index < -0.39 is 0 Å². The number of ether oxygens (including phenoxy) is 1. The molecule has 26 heavy (non-hydrogen) atoms. The standard InChI is InChI=1S/C18H24FN5O2/c1-2-17(14-3-5-15(19)6-4-14)24-13-16(21-22-24)18(25)20-7-8-23-9-11-26-12-10-23/h3-6,13,17H,2,7-12H2,1H3,(H,20,25)/t17-/m0/s1. The molecular weight excluding hydrogens is 337 g/mol. The molecule has 0 aliphatic carbocycles. The number of amides is 1. The summed E-state index contributed by atoms with van der Waals surface area (Å²) < 4.78 is 20.1. The number of carbonyl (C=O) groups excluding carboxylic acids is 1. The Hall–Kier alpha value is -2.32. The Morgan fingerprint density at radius 3 is 2.73 bits per heavy atom. The van der Waals surface area contributed by atoms with Crippen LogP contribution in [0.15, 0.2) is 30.5 Å². The molecule has 1 saturated heterocycles. The van der Waals surface area contributed by atoms with E-state index in [-0.39, 0.29) is 23.5 Å². The summed E-state index contributed by atoms with van der Waals surface area (Å²) in [5.74, 6) is -0.513. The first kappa shape index (κ1) is 18.5. The molecule has 7 nitrogen and oxygen atoms in total. The van der Waals surface area contributed by atoms with Gasteiger partial charge in [-0.3, -0.25) is 9.69 Å². The van der Waals surface area contributed by atoms with Gasteiger partial charge in [0, 0.05) is 26.2 Å². The number of morpholine rings is 1. The molecule has 140 valence electrons. The maximum absolute atomic E-state index is 13.1. The zero-order valence-electron chi connectivity index (χ0n) is 14.9. The number of rotatable bonds is 7. The van der Waals surface area contributed by atoms with Gasteiger partial charge in [0.2, 0.25) is 0 Å². The van der Waals surface area contributed by atoms with Gasteiger partial charge in [0.15, 0.2) is 5.69 Å². The van der Waals surface area contributed by atoms with Gasteiger partial charge in [-0.2, -0.15) is 0 Å². The van der Waals surface area contributed by atoms with Crippen LogP contribution in [0.1, 0.15) is 35.4 Å². The van der Waals surface area contributed by atoms with Crippen molar-refractivity contribution in [1.29, 1.82) is 0 Å². The number of hydrogen-bond donors (Lipinski definition) is 1. The number of benzene rings is 1. The number of halogens is 1. The van der Waals surface area contributed by atoms with Crippen molar-refractivity contribution in [3.8, 4) is 0 Å². The number of nitrogens with one attached hydrogen (secondary N) is 1. The van der Waals surface area contributed by atoms with Crippen LogP contribution in [0.3, 0.4) is 0 Å². The lowest BCUT2D eigenvalue weighted by Crippen LogP contribution is -2.41. The van der Waals surface area contributed by atoms with E-state index in [9.17, 15) is 9.18 Å². The summed E-state index contributed by atoms with van der Waals surface area (Å²) in [4.78, 5) is 14.5. The van der Waals surface area contributed by atoms with E-state index in [2.05, 4.69) is 20.5 Å². The van der Waals surface area contributed by atoms with Crippen molar-refractivity contribution in [2.45, 2.75) is 19.4 Å². The molecule has 1 aliphatic rings. The Morgan fingerprint density at radius 2 is 2.04 bits per heavy atom. The first-order valence-corrected chi connectivity index (χ1v) is 8.93. The second-order valence-corrected chi connectivity index (χ2v) is 6.27. The van der Waals surface area contributed by atoms with E-state index >= 15 is 0 Å². The Balaban J connectivity index is 1.57. The van der Waals surface area contributed by atoms with Crippen LogP contribution < -0.4 is 5.32 Å². The molecule has 2 heterocycles. The largest absolute Gasteiger partial charge is 0.379 e. The minimum absolute atomic E-state index is 0.0852. The van der Waals surface area contributed by atoms with Gasteiger partial charge in [-0.05, 0) is 24.1 Å². The number of nitrogens with zero attached hydrogens (tertiary/aromatic N) is 4. The highest BCUT2D eigenvalue weighted by atomic mass is 19.1. The molecule has 0 unspecified atom stereocenters. The third-order valence-electron chi connectivity index (χ3n) is 4.52. The Labute approximate surface area is 152 Å². The van der Waals surface area contributed by atoms with E-state index in [0.717, 1.165) is 44.8 Å². The van der Waals surface area contributed by atoms with E-state index in [1.807, 2.05) is 6.92 Å². The predicted octanol–water partition coefficient (Wildman–Crippen LogP) is 1.48. The van der Waals surface area contributed by atoms with Crippen LogP contribution in [0.4, 0.5) is 4.39 Å². The quantitative estimate of drug-likeness (QED) is 0.809. The summed E-state index contributed by atoms with van der Waals surface area (Å²) in [6, 6.07) is 6.22. The Bertz CT molecular complexity index is 713. The highest BCUT2D eigenvalue weighted by molar-refractivity contribution is 5.91. The monoisotopic (exact) mass is 361 g/mol. The molecule has 1 N–H and O–H groups in total. The van der Waals surface area contributed by atoms with Gasteiger partial charge in [-0.15, -0.1) is 5.10 Å². The van der Waals surface area contributed by atoms with E-state index in [4.69, 9.17) is 4.74 Å². The lowest BCUT2D eigenvalue weighted by Gasteiger charge is -2.26. The van der Waals surface area contributed by atoms with Gasteiger partial charge in [0.1, 0.15) is 5.82 Å². The van der Waals surface area contributed by atoms with Crippen molar-refractivity contribution in [2.24, 2.45) is 0 Å². The third-order valence-corrected chi connectivity index (χ3v) is 4.52. The maximum atomic E-state index is 13.1. The Kier molecular flexibility index (Phi) is 6.30. The number of carbonyl (C=O) groups is 1. The minimum atomic E-state index is -0.275. The molecular formula is C18H24FN5O2. The van der Waals surface area contributed by atoms with Crippen LogP contribution in [-0.4, -0.2) is 65.2 Å². The summed E-state index contributed by atoms with van der Waals surface area (Å²) in [5, 5.41) is 11.0. The van der Waals surface area contributed by atoms with Gasteiger partial charge in [-0.25, -0.2) is 9.07 Å².